The Morgan fingerprint density at radius 3 is 2.45 bits per heavy atom. The zero-order valence-corrected chi connectivity index (χ0v) is 12.5. The molecule has 0 spiro atoms. The number of benzene rings is 1. The molecule has 0 aliphatic carbocycles. The Bertz CT molecular complexity index is 540. The van der Waals surface area contributed by atoms with Gasteiger partial charge in [0.2, 0.25) is 16.7 Å². The summed E-state index contributed by atoms with van der Waals surface area (Å²) in [5, 5.41) is 18.5. The number of diazo groups is 1. The maximum absolute atomic E-state index is 11.4. The zero-order chi connectivity index (χ0) is 15.1. The Labute approximate surface area is 121 Å². The van der Waals surface area contributed by atoms with E-state index in [4.69, 9.17) is 9.47 Å². The van der Waals surface area contributed by atoms with Crippen molar-refractivity contribution in [1.82, 2.24) is 0 Å². The third-order valence-corrected chi connectivity index (χ3v) is 3.29. The molecule has 0 fully saturated rings. The lowest BCUT2D eigenvalue weighted by atomic mass is 10.1. The SMILES string of the molecule is CCOc1cc(SCC)c(OCC)c([N+]#N)c1C(=O)O. The average Bonchev–Trinajstić information content (AvgIpc) is 2.41. The van der Waals surface area contributed by atoms with Crippen molar-refractivity contribution in [2.45, 2.75) is 25.7 Å². The number of ether oxygens (including phenoxy) is 2. The smallest absolute Gasteiger partial charge is 0.445 e. The fraction of sp³-hybridized carbons (Fsp3) is 0.462. The van der Waals surface area contributed by atoms with Crippen LogP contribution in [0.15, 0.2) is 11.0 Å². The van der Waals surface area contributed by atoms with E-state index in [0.717, 1.165) is 5.75 Å². The Kier molecular flexibility index (Phi) is 6.12. The maximum Gasteiger partial charge on any atom is 0.445 e. The van der Waals surface area contributed by atoms with Crippen LogP contribution in [-0.4, -0.2) is 30.0 Å². The van der Waals surface area contributed by atoms with E-state index in [1.165, 1.54) is 11.8 Å². The predicted molar refractivity (Wildman–Crippen MR) is 76.9 cm³/mol. The first-order valence-corrected chi connectivity index (χ1v) is 7.26. The molecule has 0 unspecified atom stereocenters. The van der Waals surface area contributed by atoms with Gasteiger partial charge in [0.1, 0.15) is 5.75 Å². The molecule has 0 amide bonds. The van der Waals surface area contributed by atoms with E-state index in [1.54, 1.807) is 19.9 Å². The molecule has 0 saturated carbocycles. The van der Waals surface area contributed by atoms with Gasteiger partial charge in [-0.05, 0) is 25.7 Å². The van der Waals surface area contributed by atoms with Gasteiger partial charge in [0.05, 0.1) is 18.1 Å². The van der Waals surface area contributed by atoms with Gasteiger partial charge in [0, 0.05) is 0 Å². The molecule has 0 aliphatic rings. The number of carboxylic acid groups (broad SMARTS) is 1. The van der Waals surface area contributed by atoms with E-state index in [0.29, 0.717) is 18.1 Å². The fourth-order valence-corrected chi connectivity index (χ4v) is 2.51. The van der Waals surface area contributed by atoms with Gasteiger partial charge in [-0.2, -0.15) is 0 Å². The van der Waals surface area contributed by atoms with Gasteiger partial charge < -0.3 is 14.6 Å². The molecule has 1 aromatic carbocycles. The molecule has 6 nitrogen and oxygen atoms in total. The molecule has 0 atom stereocenters. The second-order valence-corrected chi connectivity index (χ2v) is 4.94. The van der Waals surface area contributed by atoms with Crippen molar-refractivity contribution in [2.75, 3.05) is 19.0 Å². The Balaban J connectivity index is 3.60. The number of hydrogen-bond donors (Lipinski definition) is 1. The van der Waals surface area contributed by atoms with Gasteiger partial charge >= 0.3 is 11.7 Å². The van der Waals surface area contributed by atoms with Crippen LogP contribution in [0.2, 0.25) is 0 Å². The summed E-state index contributed by atoms with van der Waals surface area (Å²) in [6, 6.07) is 1.61. The number of rotatable bonds is 7. The largest absolute Gasteiger partial charge is 0.493 e. The molecule has 0 aliphatic heterocycles. The minimum absolute atomic E-state index is 0.110. The lowest BCUT2D eigenvalue weighted by Gasteiger charge is -2.12. The van der Waals surface area contributed by atoms with Crippen molar-refractivity contribution >= 4 is 23.4 Å². The number of carbonyl (C=O) groups is 1. The quantitative estimate of drug-likeness (QED) is 0.609. The van der Waals surface area contributed by atoms with E-state index >= 15 is 0 Å². The first-order valence-electron chi connectivity index (χ1n) is 6.28. The van der Waals surface area contributed by atoms with Crippen LogP contribution in [0.1, 0.15) is 31.1 Å². The van der Waals surface area contributed by atoms with E-state index < -0.39 is 5.97 Å². The third-order valence-electron chi connectivity index (χ3n) is 2.39. The van der Waals surface area contributed by atoms with Gasteiger partial charge in [-0.25, -0.2) is 4.79 Å². The first kappa shape index (κ1) is 16.1. The molecule has 20 heavy (non-hydrogen) atoms. The first-order chi connectivity index (χ1) is 9.60. The molecule has 108 valence electrons. The second kappa shape index (κ2) is 7.60. The van der Waals surface area contributed by atoms with Crippen LogP contribution in [0.3, 0.4) is 0 Å². The van der Waals surface area contributed by atoms with Crippen LogP contribution in [0.25, 0.3) is 4.98 Å². The monoisotopic (exact) mass is 297 g/mol. The summed E-state index contributed by atoms with van der Waals surface area (Å²) in [5.41, 5.74) is -0.306. The normalized spacial score (nSPS) is 9.90. The fourth-order valence-electron chi connectivity index (χ4n) is 1.72. The van der Waals surface area contributed by atoms with Gasteiger partial charge in [-0.3, -0.25) is 0 Å². The van der Waals surface area contributed by atoms with Gasteiger partial charge in [0.15, 0.2) is 4.98 Å². The second-order valence-electron chi connectivity index (χ2n) is 3.63. The lowest BCUT2D eigenvalue weighted by molar-refractivity contribution is 0.0693. The highest BCUT2D eigenvalue weighted by Gasteiger charge is 2.34. The van der Waals surface area contributed by atoms with Crippen molar-refractivity contribution in [3.63, 3.8) is 0 Å². The molecular formula is C13H17N2O4S+. The molecule has 7 heteroatoms. The summed E-state index contributed by atoms with van der Waals surface area (Å²) in [6.45, 7) is 6.15. The summed E-state index contributed by atoms with van der Waals surface area (Å²) < 4.78 is 10.8. The Hall–Kier alpha value is -1.94. The van der Waals surface area contributed by atoms with Crippen LogP contribution >= 0.6 is 11.8 Å². The van der Waals surface area contributed by atoms with Gasteiger partial charge in [-0.15, -0.1) is 11.8 Å². The maximum atomic E-state index is 11.4. The Morgan fingerprint density at radius 2 is 2.00 bits per heavy atom. The highest BCUT2D eigenvalue weighted by molar-refractivity contribution is 7.99. The average molecular weight is 297 g/mol. The molecule has 1 rings (SSSR count). The van der Waals surface area contributed by atoms with E-state index in [-0.39, 0.29) is 22.7 Å². The van der Waals surface area contributed by atoms with Crippen molar-refractivity contribution in [3.8, 4) is 11.5 Å². The molecule has 1 N–H and O–H groups in total. The minimum atomic E-state index is -1.23. The standard InChI is InChI=1S/C13H16N2O4S/c1-4-18-8-7-9(20-6-3)12(19-5-2)11(15-14)10(8)13(16)17/h7H,4-6H2,1-3H3/p+1. The topological polar surface area (TPSA) is 83.9 Å². The van der Waals surface area contributed by atoms with E-state index in [2.05, 4.69) is 4.98 Å². The van der Waals surface area contributed by atoms with Crippen LogP contribution in [0.4, 0.5) is 5.69 Å². The lowest BCUT2D eigenvalue weighted by Crippen LogP contribution is -2.06. The Morgan fingerprint density at radius 1 is 1.35 bits per heavy atom. The third kappa shape index (κ3) is 3.33. The van der Waals surface area contributed by atoms with Crippen molar-refractivity contribution in [3.05, 3.63) is 16.6 Å². The number of thioether (sulfide) groups is 1. The number of nitrogens with zero attached hydrogens (tertiary/aromatic N) is 2. The molecular weight excluding hydrogens is 280 g/mol. The van der Waals surface area contributed by atoms with Gasteiger partial charge in [0.25, 0.3) is 0 Å². The summed E-state index contributed by atoms with van der Waals surface area (Å²) in [6.07, 6.45) is 0. The number of carboxylic acids is 1. The highest BCUT2D eigenvalue weighted by Crippen LogP contribution is 2.45. The van der Waals surface area contributed by atoms with Crippen LogP contribution in [0, 0.1) is 5.39 Å². The van der Waals surface area contributed by atoms with E-state index in [9.17, 15) is 15.3 Å². The van der Waals surface area contributed by atoms with Crippen LogP contribution in [0.5, 0.6) is 11.5 Å². The molecule has 0 aromatic heterocycles. The molecule has 0 heterocycles. The van der Waals surface area contributed by atoms with Crippen molar-refractivity contribution in [2.24, 2.45) is 0 Å². The summed E-state index contributed by atoms with van der Waals surface area (Å²) in [5.74, 6) is -0.0201. The molecule has 1 aromatic rings. The molecule has 0 radical (unpaired) electrons. The van der Waals surface area contributed by atoms with Crippen molar-refractivity contribution in [1.29, 1.82) is 5.39 Å². The molecule has 0 saturated heterocycles. The highest BCUT2D eigenvalue weighted by atomic mass is 32.2. The van der Waals surface area contributed by atoms with Crippen LogP contribution in [-0.2, 0) is 0 Å². The minimum Gasteiger partial charge on any atom is -0.493 e. The summed E-state index contributed by atoms with van der Waals surface area (Å²) in [7, 11) is 0. The summed E-state index contributed by atoms with van der Waals surface area (Å²) >= 11 is 1.46. The van der Waals surface area contributed by atoms with Crippen LogP contribution < -0.4 is 9.47 Å². The van der Waals surface area contributed by atoms with Gasteiger partial charge in [-0.1, -0.05) is 6.92 Å². The molecule has 0 bridgehead atoms. The summed E-state index contributed by atoms with van der Waals surface area (Å²) in [4.78, 5) is 15.2. The number of aromatic carboxylic acids is 1. The number of hydrogen-bond acceptors (Lipinski definition) is 5. The van der Waals surface area contributed by atoms with Crippen molar-refractivity contribution < 1.29 is 19.4 Å². The zero-order valence-electron chi connectivity index (χ0n) is 11.7. The predicted octanol–water partition coefficient (Wildman–Crippen LogP) is 3.78. The van der Waals surface area contributed by atoms with E-state index in [1.807, 2.05) is 6.92 Å².